The second-order valence-corrected chi connectivity index (χ2v) is 13.4. The lowest BCUT2D eigenvalue weighted by molar-refractivity contribution is -0.121. The lowest BCUT2D eigenvalue weighted by Gasteiger charge is -2.36. The largest absolute Gasteiger partial charge is 0.325 e. The van der Waals surface area contributed by atoms with Gasteiger partial charge >= 0.3 is 0 Å². The van der Waals surface area contributed by atoms with Gasteiger partial charge in [0.05, 0.1) is 22.7 Å². The first-order valence-corrected chi connectivity index (χ1v) is 14.9. The molecule has 2 aliphatic rings. The van der Waals surface area contributed by atoms with E-state index in [-0.39, 0.29) is 37.1 Å². The van der Waals surface area contributed by atoms with Gasteiger partial charge < -0.3 is 10.2 Å². The van der Waals surface area contributed by atoms with Crippen LogP contribution in [0.4, 0.5) is 14.5 Å². The molecule has 2 aliphatic heterocycles. The number of H-pyrrole nitrogens is 1. The summed E-state index contributed by atoms with van der Waals surface area (Å²) in [6.45, 7) is 5.22. The maximum absolute atomic E-state index is 13.9. The van der Waals surface area contributed by atoms with Crippen molar-refractivity contribution in [3.8, 4) is 0 Å². The number of aromatic nitrogens is 2. The molecule has 0 bridgehead atoms. The summed E-state index contributed by atoms with van der Waals surface area (Å²) in [5.41, 5.74) is 1.63. The van der Waals surface area contributed by atoms with Gasteiger partial charge in [-0.3, -0.25) is 14.7 Å². The van der Waals surface area contributed by atoms with Crippen LogP contribution >= 0.6 is 0 Å². The Morgan fingerprint density at radius 2 is 1.76 bits per heavy atom. The number of Topliss-reactive ketones (excluding diaryl/α,β-unsaturated/α-hetero) is 1. The van der Waals surface area contributed by atoms with Crippen molar-refractivity contribution in [2.24, 2.45) is 5.92 Å². The third-order valence-corrected chi connectivity index (χ3v) is 9.66. The third-order valence-electron chi connectivity index (χ3n) is 7.89. The van der Waals surface area contributed by atoms with Crippen molar-refractivity contribution in [3.63, 3.8) is 0 Å². The number of halogens is 2. The van der Waals surface area contributed by atoms with Crippen LogP contribution in [0.2, 0.25) is 0 Å². The van der Waals surface area contributed by atoms with Gasteiger partial charge in [0.15, 0.2) is 5.78 Å². The zero-order chi connectivity index (χ0) is 29.5. The van der Waals surface area contributed by atoms with E-state index < -0.39 is 32.0 Å². The number of rotatable bonds is 7. The average molecular weight is 586 g/mol. The number of anilines is 1. The van der Waals surface area contributed by atoms with Gasteiger partial charge in [0.25, 0.3) is 0 Å². The van der Waals surface area contributed by atoms with Crippen LogP contribution in [0.3, 0.4) is 0 Å². The van der Waals surface area contributed by atoms with Crippen LogP contribution in [0.15, 0.2) is 47.4 Å². The Labute approximate surface area is 238 Å². The van der Waals surface area contributed by atoms with E-state index in [0.717, 1.165) is 42.4 Å². The molecule has 2 N–H and O–H groups in total. The third kappa shape index (κ3) is 5.95. The molecule has 0 radical (unpaired) electrons. The number of fused-ring (bicyclic) bond motifs is 1. The number of amides is 1. The maximum atomic E-state index is 13.9. The molecule has 1 saturated heterocycles. The van der Waals surface area contributed by atoms with Gasteiger partial charge in [0.1, 0.15) is 11.6 Å². The quantitative estimate of drug-likeness (QED) is 0.407. The highest BCUT2D eigenvalue weighted by atomic mass is 32.2. The SMILES string of the molecule is CN1CCC(C(=O)Nc2ccccc2C(=O)Cc2[nH]nc3c2CN(S(=O)(=O)c2cc(F)cc(F)c2)CC3(C)C)CC1. The Balaban J connectivity index is 1.38. The molecule has 41 heavy (non-hydrogen) atoms. The maximum Gasteiger partial charge on any atom is 0.243 e. The molecule has 1 fully saturated rings. The van der Waals surface area contributed by atoms with Crippen LogP contribution in [0.25, 0.3) is 0 Å². The minimum atomic E-state index is -4.25. The summed E-state index contributed by atoms with van der Waals surface area (Å²) in [5.74, 6) is -2.50. The van der Waals surface area contributed by atoms with Crippen molar-refractivity contribution < 1.29 is 26.8 Å². The number of aromatic amines is 1. The normalized spacial score (nSPS) is 18.2. The number of likely N-dealkylation sites (tertiary alicyclic amines) is 1. The van der Waals surface area contributed by atoms with Crippen LogP contribution in [0.5, 0.6) is 0 Å². The molecule has 3 heterocycles. The van der Waals surface area contributed by atoms with Crippen LogP contribution in [-0.2, 0) is 33.2 Å². The first-order valence-electron chi connectivity index (χ1n) is 13.5. The Morgan fingerprint density at radius 1 is 1.10 bits per heavy atom. The van der Waals surface area contributed by atoms with Gasteiger partial charge in [-0.15, -0.1) is 0 Å². The number of benzene rings is 2. The standard InChI is InChI=1S/C29H33F2N5O4S/c1-29(2)17-36(41(39,40)21-13-19(30)12-20(31)14-21)16-23-25(33-34-27(23)29)15-26(37)22-6-4-5-7-24(22)32-28(38)18-8-10-35(3)11-9-18/h4-7,12-14,18H,8-11,15-17H2,1-3H3,(H,32,38)(H,33,34). The minimum absolute atomic E-state index is 0.0323. The van der Waals surface area contributed by atoms with Gasteiger partial charge in [-0.1, -0.05) is 26.0 Å². The monoisotopic (exact) mass is 585 g/mol. The highest BCUT2D eigenvalue weighted by molar-refractivity contribution is 7.89. The Bertz CT molecular complexity index is 1580. The van der Waals surface area contributed by atoms with Crippen LogP contribution in [0, 0.1) is 17.6 Å². The number of carbonyl (C=O) groups excluding carboxylic acids is 2. The fraction of sp³-hybridized carbons (Fsp3) is 0.414. The molecule has 1 amide bonds. The molecule has 218 valence electrons. The second-order valence-electron chi connectivity index (χ2n) is 11.5. The predicted molar refractivity (Wildman–Crippen MR) is 149 cm³/mol. The van der Waals surface area contributed by atoms with Crippen molar-refractivity contribution >= 4 is 27.4 Å². The van der Waals surface area contributed by atoms with E-state index >= 15 is 0 Å². The van der Waals surface area contributed by atoms with Crippen LogP contribution in [-0.4, -0.2) is 66.2 Å². The summed E-state index contributed by atoms with van der Waals surface area (Å²) >= 11 is 0. The minimum Gasteiger partial charge on any atom is -0.325 e. The molecule has 5 rings (SSSR count). The predicted octanol–water partition coefficient (Wildman–Crippen LogP) is 3.88. The van der Waals surface area contributed by atoms with E-state index in [9.17, 15) is 26.8 Å². The number of ketones is 1. The summed E-state index contributed by atoms with van der Waals surface area (Å²) in [6.07, 6.45) is 1.38. The zero-order valence-corrected chi connectivity index (χ0v) is 24.0. The Hall–Kier alpha value is -3.48. The molecule has 2 aromatic carbocycles. The number of hydrogen-bond acceptors (Lipinski definition) is 6. The van der Waals surface area contributed by atoms with E-state index in [1.807, 2.05) is 20.9 Å². The number of piperidine rings is 1. The number of hydrogen-bond donors (Lipinski definition) is 2. The zero-order valence-electron chi connectivity index (χ0n) is 23.2. The molecular weight excluding hydrogens is 552 g/mol. The Morgan fingerprint density at radius 3 is 2.44 bits per heavy atom. The second kappa shape index (κ2) is 11.1. The van der Waals surface area contributed by atoms with E-state index in [2.05, 4.69) is 20.4 Å². The fourth-order valence-corrected chi connectivity index (χ4v) is 7.23. The van der Waals surface area contributed by atoms with Gasteiger partial charge in [0, 0.05) is 47.3 Å². The van der Waals surface area contributed by atoms with Crippen LogP contribution < -0.4 is 5.32 Å². The van der Waals surface area contributed by atoms with E-state index in [4.69, 9.17) is 0 Å². The molecule has 0 atom stereocenters. The van der Waals surface area contributed by atoms with E-state index in [1.165, 1.54) is 0 Å². The summed E-state index contributed by atoms with van der Waals surface area (Å²) in [5, 5.41) is 10.3. The highest BCUT2D eigenvalue weighted by Crippen LogP contribution is 2.37. The topological polar surface area (TPSA) is 115 Å². The summed E-state index contributed by atoms with van der Waals surface area (Å²) in [6, 6.07) is 9.00. The van der Waals surface area contributed by atoms with E-state index in [0.29, 0.717) is 34.3 Å². The number of para-hydroxylation sites is 1. The molecular formula is C29H33F2N5O4S. The smallest absolute Gasteiger partial charge is 0.243 e. The fourth-order valence-electron chi connectivity index (χ4n) is 5.62. The molecule has 1 aromatic heterocycles. The molecule has 0 unspecified atom stereocenters. The van der Waals surface area contributed by atoms with E-state index in [1.54, 1.807) is 24.3 Å². The molecule has 0 aliphatic carbocycles. The van der Waals surface area contributed by atoms with Crippen molar-refractivity contribution in [3.05, 3.63) is 76.6 Å². The number of carbonyl (C=O) groups is 2. The molecule has 0 spiro atoms. The Kier molecular flexibility index (Phi) is 7.84. The number of nitrogens with one attached hydrogen (secondary N) is 2. The van der Waals surface area contributed by atoms with Crippen molar-refractivity contribution in [2.45, 2.75) is 50.0 Å². The van der Waals surface area contributed by atoms with Crippen molar-refractivity contribution in [1.29, 1.82) is 0 Å². The van der Waals surface area contributed by atoms with Gasteiger partial charge in [-0.25, -0.2) is 17.2 Å². The van der Waals surface area contributed by atoms with Gasteiger partial charge in [0.2, 0.25) is 15.9 Å². The van der Waals surface area contributed by atoms with Crippen molar-refractivity contribution in [1.82, 2.24) is 19.4 Å². The molecule has 9 nitrogen and oxygen atoms in total. The lowest BCUT2D eigenvalue weighted by atomic mass is 9.83. The highest BCUT2D eigenvalue weighted by Gasteiger charge is 2.41. The first-order chi connectivity index (χ1) is 19.3. The summed E-state index contributed by atoms with van der Waals surface area (Å²) in [7, 11) is -2.23. The summed E-state index contributed by atoms with van der Waals surface area (Å²) < 4.78 is 55.7. The number of sulfonamides is 1. The molecule has 3 aromatic rings. The lowest BCUT2D eigenvalue weighted by Crippen LogP contribution is -2.45. The first kappa shape index (κ1) is 29.0. The van der Waals surface area contributed by atoms with Crippen molar-refractivity contribution in [2.75, 3.05) is 32.0 Å². The van der Waals surface area contributed by atoms with Gasteiger partial charge in [-0.05, 0) is 57.2 Å². The summed E-state index contributed by atoms with van der Waals surface area (Å²) in [4.78, 5) is 28.2. The molecule has 12 heteroatoms. The average Bonchev–Trinajstić information content (AvgIpc) is 3.32. The number of nitrogens with zero attached hydrogens (tertiary/aromatic N) is 3. The van der Waals surface area contributed by atoms with Crippen LogP contribution in [0.1, 0.15) is 54.0 Å². The molecule has 0 saturated carbocycles. The van der Waals surface area contributed by atoms with Gasteiger partial charge in [-0.2, -0.15) is 9.40 Å².